The van der Waals surface area contributed by atoms with E-state index in [0.717, 1.165) is 11.1 Å². The molecule has 5 rings (SSSR count). The molecule has 0 radical (unpaired) electrons. The Balaban J connectivity index is 1.39. The van der Waals surface area contributed by atoms with Crippen LogP contribution in [0.15, 0.2) is 112 Å². The van der Waals surface area contributed by atoms with Crippen molar-refractivity contribution in [3.63, 3.8) is 0 Å². The fraction of sp³-hybridized carbons (Fsp3) is 0.121. The number of phenols is 2. The lowest BCUT2D eigenvalue weighted by atomic mass is 10.0. The van der Waals surface area contributed by atoms with Gasteiger partial charge in [0, 0.05) is 5.56 Å². The molecule has 0 aliphatic carbocycles. The zero-order chi connectivity index (χ0) is 30.0. The van der Waals surface area contributed by atoms with E-state index in [-0.39, 0.29) is 27.0 Å². The molecule has 5 aromatic rings. The summed E-state index contributed by atoms with van der Waals surface area (Å²) >= 11 is 0. The Kier molecular flexibility index (Phi) is 7.78. The molecule has 0 saturated carbocycles. The number of nitrogens with two attached hydrogens (primary N) is 1. The second kappa shape index (κ2) is 11.5. The van der Waals surface area contributed by atoms with E-state index in [2.05, 4.69) is 18.1 Å². The number of fused-ring (bicyclic) bond motifs is 1. The van der Waals surface area contributed by atoms with Gasteiger partial charge in [-0.25, -0.2) is 13.4 Å². The number of aromatic nitrogens is 1. The summed E-state index contributed by atoms with van der Waals surface area (Å²) in [6.07, 6.45) is 3.96. The predicted octanol–water partition coefficient (Wildman–Crippen LogP) is 6.92. The molecule has 1 atom stereocenters. The van der Waals surface area contributed by atoms with Crippen LogP contribution in [-0.4, -0.2) is 23.6 Å². The molecule has 9 heteroatoms. The highest BCUT2D eigenvalue weighted by Gasteiger charge is 2.22. The monoisotopic (exact) mass is 582 g/mol. The maximum atomic E-state index is 13.5. The van der Waals surface area contributed by atoms with Crippen LogP contribution in [0, 0.1) is 0 Å². The fourth-order valence-corrected chi connectivity index (χ4v) is 5.92. The van der Waals surface area contributed by atoms with Gasteiger partial charge in [0.15, 0.2) is 5.58 Å². The zero-order valence-corrected chi connectivity index (χ0v) is 23.8. The van der Waals surface area contributed by atoms with Gasteiger partial charge >= 0.3 is 0 Å². The molecule has 0 bridgehead atoms. The number of phenolic OH excluding ortho intramolecular Hbond substituents is 2. The Morgan fingerprint density at radius 3 is 2.24 bits per heavy atom. The molecule has 0 spiro atoms. The summed E-state index contributed by atoms with van der Waals surface area (Å²) in [4.78, 5) is 4.54. The van der Waals surface area contributed by atoms with Crippen LogP contribution in [0.2, 0.25) is 0 Å². The number of benzene rings is 4. The second-order valence-electron chi connectivity index (χ2n) is 9.83. The third-order valence-electron chi connectivity index (χ3n) is 6.89. The van der Waals surface area contributed by atoms with Crippen LogP contribution in [0.4, 0.5) is 5.69 Å². The number of oxazole rings is 1. The lowest BCUT2D eigenvalue weighted by Gasteiger charge is -2.18. The Hall–Kier alpha value is -5.02. The van der Waals surface area contributed by atoms with E-state index in [9.17, 15) is 18.6 Å². The van der Waals surface area contributed by atoms with E-state index in [0.29, 0.717) is 46.7 Å². The average molecular weight is 583 g/mol. The topological polar surface area (TPSA) is 136 Å². The molecule has 0 amide bonds. The Morgan fingerprint density at radius 2 is 1.55 bits per heavy atom. The average Bonchev–Trinajstić information content (AvgIpc) is 3.40. The van der Waals surface area contributed by atoms with E-state index < -0.39 is 15.9 Å². The van der Waals surface area contributed by atoms with E-state index in [4.69, 9.17) is 14.9 Å². The van der Waals surface area contributed by atoms with Crippen LogP contribution in [0.3, 0.4) is 0 Å². The smallest absolute Gasteiger partial charge is 0.227 e. The first kappa shape index (κ1) is 28.5. The first-order valence-electron chi connectivity index (χ1n) is 13.2. The van der Waals surface area contributed by atoms with Gasteiger partial charge in [0.2, 0.25) is 15.7 Å². The second-order valence-corrected chi connectivity index (χ2v) is 11.8. The number of allylic oxidation sites excluding steroid dienone is 2. The highest BCUT2D eigenvalue weighted by molar-refractivity contribution is 7.91. The summed E-state index contributed by atoms with van der Waals surface area (Å²) in [5, 5.41) is 20.1. The van der Waals surface area contributed by atoms with Gasteiger partial charge in [0.25, 0.3) is 0 Å². The van der Waals surface area contributed by atoms with Gasteiger partial charge in [-0.15, -0.1) is 13.2 Å². The SMILES string of the molecule is C=CCc1cc(-c2nc3cc(S(=O)(=O)c4ccc(OC(C)c5ccc(O)c(CC=C)c5)c(N)c4)ccc3o2)ccc1O. The minimum absolute atomic E-state index is 0.00794. The number of hydrogen-bond donors (Lipinski definition) is 3. The lowest BCUT2D eigenvalue weighted by molar-refractivity contribution is 0.228. The highest BCUT2D eigenvalue weighted by atomic mass is 32.2. The standard InChI is InChI=1S/C33H30N2O6S/c1-4-6-22-16-21(8-12-29(22)36)20(3)40-31-14-10-25(18-27(31)34)42(38,39)26-11-15-32-28(19-26)35-33(41-32)24-9-13-30(37)23(17-24)7-5-2/h4-5,8-20,36-37H,1-2,6-7,34H2,3H3. The molecule has 8 nitrogen and oxygen atoms in total. The maximum absolute atomic E-state index is 13.5. The molecule has 0 aliphatic rings. The van der Waals surface area contributed by atoms with Crippen molar-refractivity contribution < 1.29 is 27.8 Å². The molecule has 0 aliphatic heterocycles. The van der Waals surface area contributed by atoms with Crippen LogP contribution in [0.1, 0.15) is 29.7 Å². The van der Waals surface area contributed by atoms with Gasteiger partial charge in [-0.05, 0) is 103 Å². The number of hydrogen-bond acceptors (Lipinski definition) is 8. The number of nitrogen functional groups attached to an aromatic ring is 1. The molecule has 4 N–H and O–H groups in total. The van der Waals surface area contributed by atoms with Gasteiger partial charge in [0.05, 0.1) is 15.5 Å². The fourth-order valence-electron chi connectivity index (χ4n) is 4.61. The predicted molar refractivity (Wildman–Crippen MR) is 162 cm³/mol. The molecule has 0 fully saturated rings. The van der Waals surface area contributed by atoms with Crippen molar-refractivity contribution in [1.82, 2.24) is 4.98 Å². The van der Waals surface area contributed by atoms with Crippen molar-refractivity contribution in [3.05, 3.63) is 115 Å². The molecule has 0 saturated heterocycles. The van der Waals surface area contributed by atoms with Crippen molar-refractivity contribution >= 4 is 26.6 Å². The summed E-state index contributed by atoms with van der Waals surface area (Å²) < 4.78 is 39.0. The summed E-state index contributed by atoms with van der Waals surface area (Å²) in [6, 6.07) is 19.0. The number of aromatic hydroxyl groups is 2. The first-order valence-corrected chi connectivity index (χ1v) is 14.7. The Morgan fingerprint density at radius 1 is 0.905 bits per heavy atom. The molecule has 214 valence electrons. The first-order chi connectivity index (χ1) is 20.1. The van der Waals surface area contributed by atoms with Gasteiger partial charge in [-0.2, -0.15) is 0 Å². The summed E-state index contributed by atoms with van der Waals surface area (Å²) in [6.45, 7) is 9.26. The minimum Gasteiger partial charge on any atom is -0.508 e. The highest BCUT2D eigenvalue weighted by Crippen LogP contribution is 2.34. The molecule has 4 aromatic carbocycles. The van der Waals surface area contributed by atoms with Crippen molar-refractivity contribution in [1.29, 1.82) is 0 Å². The quantitative estimate of drug-likeness (QED) is 0.119. The van der Waals surface area contributed by atoms with Crippen LogP contribution < -0.4 is 10.5 Å². The van der Waals surface area contributed by atoms with Crippen LogP contribution in [0.25, 0.3) is 22.6 Å². The normalized spacial score (nSPS) is 12.2. The number of sulfone groups is 1. The zero-order valence-electron chi connectivity index (χ0n) is 22.9. The van der Waals surface area contributed by atoms with Crippen LogP contribution in [-0.2, 0) is 22.7 Å². The number of anilines is 1. The number of ether oxygens (including phenoxy) is 1. The third kappa shape index (κ3) is 5.59. The molecule has 1 unspecified atom stereocenters. The minimum atomic E-state index is -3.94. The van der Waals surface area contributed by atoms with E-state index in [1.165, 1.54) is 30.3 Å². The molecule has 1 aromatic heterocycles. The maximum Gasteiger partial charge on any atom is 0.227 e. The summed E-state index contributed by atoms with van der Waals surface area (Å²) in [5.74, 6) is 0.959. The Labute approximate surface area is 244 Å². The van der Waals surface area contributed by atoms with Gasteiger partial charge in [-0.3, -0.25) is 0 Å². The third-order valence-corrected chi connectivity index (χ3v) is 8.64. The van der Waals surface area contributed by atoms with Gasteiger partial charge in [-0.1, -0.05) is 18.2 Å². The van der Waals surface area contributed by atoms with Crippen LogP contribution in [0.5, 0.6) is 17.2 Å². The molecular formula is C33H30N2O6S. The van der Waals surface area contributed by atoms with Crippen molar-refractivity contribution in [2.45, 2.75) is 35.7 Å². The Bertz CT molecular complexity index is 1930. The molecule has 1 heterocycles. The van der Waals surface area contributed by atoms with Crippen molar-refractivity contribution in [3.8, 4) is 28.7 Å². The van der Waals surface area contributed by atoms with Crippen LogP contribution >= 0.6 is 0 Å². The lowest BCUT2D eigenvalue weighted by Crippen LogP contribution is -2.07. The molecular weight excluding hydrogens is 552 g/mol. The van der Waals surface area contributed by atoms with Crippen molar-refractivity contribution in [2.24, 2.45) is 0 Å². The van der Waals surface area contributed by atoms with E-state index in [1.54, 1.807) is 48.6 Å². The molecule has 42 heavy (non-hydrogen) atoms. The van der Waals surface area contributed by atoms with Gasteiger partial charge in [0.1, 0.15) is 28.9 Å². The van der Waals surface area contributed by atoms with Gasteiger partial charge < -0.3 is 25.1 Å². The van der Waals surface area contributed by atoms with Crippen molar-refractivity contribution in [2.75, 3.05) is 5.73 Å². The number of nitrogens with zero attached hydrogens (tertiary/aromatic N) is 1. The summed E-state index contributed by atoms with van der Waals surface area (Å²) in [5.41, 5.74) is 10.1. The number of rotatable bonds is 10. The van der Waals surface area contributed by atoms with E-state index >= 15 is 0 Å². The van der Waals surface area contributed by atoms with E-state index in [1.807, 2.05) is 13.0 Å². The largest absolute Gasteiger partial charge is 0.508 e. The summed E-state index contributed by atoms with van der Waals surface area (Å²) in [7, 11) is -3.94.